The highest BCUT2D eigenvalue weighted by Crippen LogP contribution is 2.25. The Bertz CT molecular complexity index is 1060. The van der Waals surface area contributed by atoms with E-state index in [-0.39, 0.29) is 11.2 Å². The number of allylic oxidation sites excluding steroid dienone is 1. The zero-order chi connectivity index (χ0) is 18.1. The second kappa shape index (κ2) is 6.76. The molecule has 0 aliphatic carbocycles. The summed E-state index contributed by atoms with van der Waals surface area (Å²) in [5, 5.41) is 0.708. The van der Waals surface area contributed by atoms with E-state index in [1.54, 1.807) is 18.8 Å². The van der Waals surface area contributed by atoms with E-state index in [4.69, 9.17) is 0 Å². The van der Waals surface area contributed by atoms with Crippen LogP contribution in [-0.4, -0.2) is 18.7 Å². The molecular weight excluding hydrogens is 336 g/mol. The molecule has 0 fully saturated rings. The van der Waals surface area contributed by atoms with Crippen LogP contribution in [-0.2, 0) is 26.4 Å². The molecule has 25 heavy (non-hydrogen) atoms. The first-order valence-electron chi connectivity index (χ1n) is 7.87. The molecule has 7 heteroatoms. The van der Waals surface area contributed by atoms with Gasteiger partial charge in [0.2, 0.25) is 0 Å². The Morgan fingerprint density at radius 3 is 2.48 bits per heavy atom. The van der Waals surface area contributed by atoms with Crippen molar-refractivity contribution in [3.05, 3.63) is 68.9 Å². The van der Waals surface area contributed by atoms with Crippen molar-refractivity contribution in [1.29, 1.82) is 0 Å². The molecule has 1 aromatic carbocycles. The highest BCUT2D eigenvalue weighted by Gasteiger charge is 2.19. The average molecular weight is 356 g/mol. The summed E-state index contributed by atoms with van der Waals surface area (Å²) in [6.07, 6.45) is 0. The Morgan fingerprint density at radius 2 is 1.84 bits per heavy atom. The van der Waals surface area contributed by atoms with E-state index in [0.717, 1.165) is 15.9 Å². The van der Waals surface area contributed by atoms with Crippen molar-refractivity contribution in [2.45, 2.75) is 24.4 Å². The van der Waals surface area contributed by atoms with E-state index in [9.17, 15) is 9.59 Å². The minimum absolute atomic E-state index is 0.335. The SMILES string of the molecule is C=C(C)Cn1c(SCc2ccccc2)nc2c1c(=O)n(C)c(=O)n2C. The summed E-state index contributed by atoms with van der Waals surface area (Å²) in [4.78, 5) is 29.4. The van der Waals surface area contributed by atoms with Gasteiger partial charge in [-0.05, 0) is 12.5 Å². The zero-order valence-corrected chi connectivity index (χ0v) is 15.3. The van der Waals surface area contributed by atoms with Gasteiger partial charge < -0.3 is 4.57 Å². The number of thioether (sulfide) groups is 1. The van der Waals surface area contributed by atoms with Crippen LogP contribution in [0.4, 0.5) is 0 Å². The molecule has 0 aliphatic heterocycles. The molecule has 0 saturated heterocycles. The van der Waals surface area contributed by atoms with Gasteiger partial charge in [0.05, 0.1) is 0 Å². The summed E-state index contributed by atoms with van der Waals surface area (Å²) < 4.78 is 4.38. The van der Waals surface area contributed by atoms with Crippen LogP contribution in [0.2, 0.25) is 0 Å². The molecule has 2 aromatic heterocycles. The predicted octanol–water partition coefficient (Wildman–Crippen LogP) is 2.30. The molecule has 0 aliphatic rings. The van der Waals surface area contributed by atoms with Gasteiger partial charge in [-0.1, -0.05) is 54.2 Å². The number of aromatic nitrogens is 4. The maximum Gasteiger partial charge on any atom is 0.332 e. The van der Waals surface area contributed by atoms with Crippen LogP contribution in [0.15, 0.2) is 57.2 Å². The lowest BCUT2D eigenvalue weighted by atomic mass is 10.2. The Labute approximate surface area is 149 Å². The topological polar surface area (TPSA) is 61.8 Å². The largest absolute Gasteiger partial charge is 0.332 e. The molecular formula is C18H20N4O2S. The zero-order valence-electron chi connectivity index (χ0n) is 14.5. The van der Waals surface area contributed by atoms with Gasteiger partial charge in [-0.25, -0.2) is 9.78 Å². The second-order valence-electron chi connectivity index (χ2n) is 6.09. The van der Waals surface area contributed by atoms with Gasteiger partial charge in [0, 0.05) is 26.4 Å². The van der Waals surface area contributed by atoms with E-state index in [2.05, 4.69) is 11.6 Å². The van der Waals surface area contributed by atoms with Gasteiger partial charge in [0.1, 0.15) is 0 Å². The fourth-order valence-electron chi connectivity index (χ4n) is 2.68. The van der Waals surface area contributed by atoms with E-state index >= 15 is 0 Å². The first-order chi connectivity index (χ1) is 11.9. The minimum Gasteiger partial charge on any atom is -0.309 e. The molecule has 0 saturated carbocycles. The third-order valence-corrected chi connectivity index (χ3v) is 5.00. The average Bonchev–Trinajstić information content (AvgIpc) is 2.95. The highest BCUT2D eigenvalue weighted by molar-refractivity contribution is 7.98. The standard InChI is InChI=1S/C18H20N4O2S/c1-12(2)10-22-14-15(20(3)18(24)21(4)16(14)23)19-17(22)25-11-13-8-6-5-7-9-13/h5-9H,1,10-11H2,2-4H3. The normalized spacial score (nSPS) is 11.2. The molecule has 0 bridgehead atoms. The van der Waals surface area contributed by atoms with Gasteiger partial charge in [-0.15, -0.1) is 0 Å². The van der Waals surface area contributed by atoms with Crippen LogP contribution >= 0.6 is 11.8 Å². The number of benzene rings is 1. The summed E-state index contributed by atoms with van der Waals surface area (Å²) in [5.41, 5.74) is 2.21. The Balaban J connectivity index is 2.15. The van der Waals surface area contributed by atoms with Crippen LogP contribution in [0.1, 0.15) is 12.5 Å². The highest BCUT2D eigenvalue weighted by atomic mass is 32.2. The molecule has 0 spiro atoms. The molecule has 0 unspecified atom stereocenters. The second-order valence-corrected chi connectivity index (χ2v) is 7.03. The lowest BCUT2D eigenvalue weighted by Gasteiger charge is -2.09. The number of rotatable bonds is 5. The van der Waals surface area contributed by atoms with Crippen LogP contribution in [0.3, 0.4) is 0 Å². The maximum absolute atomic E-state index is 12.6. The fraction of sp³-hybridized carbons (Fsp3) is 0.278. The van der Waals surface area contributed by atoms with Crippen molar-refractivity contribution in [3.8, 4) is 0 Å². The minimum atomic E-state index is -0.378. The van der Waals surface area contributed by atoms with Crippen molar-refractivity contribution in [2.24, 2.45) is 14.1 Å². The molecule has 0 radical (unpaired) electrons. The van der Waals surface area contributed by atoms with Crippen LogP contribution in [0, 0.1) is 0 Å². The van der Waals surface area contributed by atoms with Crippen molar-refractivity contribution in [1.82, 2.24) is 18.7 Å². The molecule has 0 amide bonds. The lowest BCUT2D eigenvalue weighted by Crippen LogP contribution is -2.37. The third kappa shape index (κ3) is 3.19. The molecule has 6 nitrogen and oxygen atoms in total. The van der Waals surface area contributed by atoms with Crippen molar-refractivity contribution in [3.63, 3.8) is 0 Å². The van der Waals surface area contributed by atoms with E-state index < -0.39 is 0 Å². The van der Waals surface area contributed by atoms with Gasteiger partial charge in [-0.3, -0.25) is 13.9 Å². The number of aryl methyl sites for hydroxylation is 1. The molecule has 3 rings (SSSR count). The molecule has 0 atom stereocenters. The van der Waals surface area contributed by atoms with E-state index in [1.165, 1.54) is 17.2 Å². The summed E-state index contributed by atoms with van der Waals surface area (Å²) in [6.45, 7) is 6.35. The quantitative estimate of drug-likeness (QED) is 0.520. The monoisotopic (exact) mass is 356 g/mol. The molecule has 130 valence electrons. The molecule has 3 aromatic rings. The summed E-state index contributed by atoms with van der Waals surface area (Å²) in [6, 6.07) is 10.1. The first kappa shape index (κ1) is 17.3. The summed E-state index contributed by atoms with van der Waals surface area (Å²) in [7, 11) is 3.12. The predicted molar refractivity (Wildman–Crippen MR) is 101 cm³/mol. The van der Waals surface area contributed by atoms with E-state index in [0.29, 0.717) is 22.9 Å². The van der Waals surface area contributed by atoms with Crippen molar-refractivity contribution >= 4 is 22.9 Å². The van der Waals surface area contributed by atoms with Gasteiger partial charge in [-0.2, -0.15) is 0 Å². The van der Waals surface area contributed by atoms with Gasteiger partial charge >= 0.3 is 5.69 Å². The molecule has 0 N–H and O–H groups in total. The van der Waals surface area contributed by atoms with Crippen LogP contribution < -0.4 is 11.2 Å². The smallest absolute Gasteiger partial charge is 0.309 e. The third-order valence-electron chi connectivity index (χ3n) is 3.95. The van der Waals surface area contributed by atoms with Gasteiger partial charge in [0.15, 0.2) is 16.3 Å². The number of hydrogen-bond donors (Lipinski definition) is 0. The van der Waals surface area contributed by atoms with Gasteiger partial charge in [0.25, 0.3) is 5.56 Å². The van der Waals surface area contributed by atoms with Crippen LogP contribution in [0.25, 0.3) is 11.2 Å². The number of imidazole rings is 1. The van der Waals surface area contributed by atoms with Crippen LogP contribution in [0.5, 0.6) is 0 Å². The summed E-state index contributed by atoms with van der Waals surface area (Å²) in [5.74, 6) is 0.731. The van der Waals surface area contributed by atoms with Crippen molar-refractivity contribution in [2.75, 3.05) is 0 Å². The van der Waals surface area contributed by atoms with E-state index in [1.807, 2.05) is 41.8 Å². The number of hydrogen-bond acceptors (Lipinski definition) is 4. The first-order valence-corrected chi connectivity index (χ1v) is 8.86. The Hall–Kier alpha value is -2.54. The Morgan fingerprint density at radius 1 is 1.16 bits per heavy atom. The Kier molecular flexibility index (Phi) is 4.67. The summed E-state index contributed by atoms with van der Waals surface area (Å²) >= 11 is 1.54. The molecule has 2 heterocycles. The fourth-order valence-corrected chi connectivity index (χ4v) is 3.63. The van der Waals surface area contributed by atoms with Crippen molar-refractivity contribution < 1.29 is 0 Å². The maximum atomic E-state index is 12.6. The lowest BCUT2D eigenvalue weighted by molar-refractivity contribution is 0.694. The number of nitrogens with zero attached hydrogens (tertiary/aromatic N) is 4. The number of fused-ring (bicyclic) bond motifs is 1.